The Morgan fingerprint density at radius 1 is 0.939 bits per heavy atom. The van der Waals surface area contributed by atoms with Gasteiger partial charge in [0.1, 0.15) is 5.82 Å². The highest BCUT2D eigenvalue weighted by Crippen LogP contribution is 2.42. The molecule has 0 saturated carbocycles. The van der Waals surface area contributed by atoms with Crippen molar-refractivity contribution in [2.75, 3.05) is 6.54 Å². The van der Waals surface area contributed by atoms with Crippen LogP contribution in [0.1, 0.15) is 21.5 Å². The molecule has 1 amide bonds. The highest BCUT2D eigenvalue weighted by Gasteiger charge is 2.18. The van der Waals surface area contributed by atoms with Gasteiger partial charge in [0.2, 0.25) is 0 Å². The molecule has 162 valence electrons. The van der Waals surface area contributed by atoms with Gasteiger partial charge in [0.05, 0.1) is 5.69 Å². The van der Waals surface area contributed by atoms with Crippen molar-refractivity contribution in [2.45, 2.75) is 16.2 Å². The molecule has 0 saturated heterocycles. The summed E-state index contributed by atoms with van der Waals surface area (Å²) < 4.78 is 14.5. The zero-order chi connectivity index (χ0) is 22.6. The number of fused-ring (bicyclic) bond motifs is 2. The van der Waals surface area contributed by atoms with E-state index in [1.807, 2.05) is 48.5 Å². The van der Waals surface area contributed by atoms with Crippen LogP contribution in [-0.4, -0.2) is 23.7 Å². The number of rotatable bonds is 5. The fourth-order valence-electron chi connectivity index (χ4n) is 3.75. The Morgan fingerprint density at radius 2 is 1.82 bits per heavy atom. The molecular weight excluding hydrogens is 433 g/mol. The van der Waals surface area contributed by atoms with Crippen molar-refractivity contribution in [3.63, 3.8) is 0 Å². The molecule has 0 spiro atoms. The Morgan fingerprint density at radius 3 is 2.67 bits per heavy atom. The van der Waals surface area contributed by atoms with Crippen LogP contribution in [0.25, 0.3) is 11.1 Å². The van der Waals surface area contributed by atoms with E-state index >= 15 is 0 Å². The summed E-state index contributed by atoms with van der Waals surface area (Å²) in [4.78, 5) is 23.4. The van der Waals surface area contributed by atoms with E-state index < -0.39 is 0 Å². The molecule has 1 aliphatic heterocycles. The van der Waals surface area contributed by atoms with Gasteiger partial charge < -0.3 is 5.32 Å². The summed E-state index contributed by atoms with van der Waals surface area (Å²) in [6.07, 6.45) is 6.01. The third-order valence-electron chi connectivity index (χ3n) is 5.43. The summed E-state index contributed by atoms with van der Waals surface area (Å²) in [5, 5.41) is 2.96. The number of aliphatic imine (C=N–C) groups is 1. The number of halogens is 1. The molecule has 3 aromatic carbocycles. The van der Waals surface area contributed by atoms with Gasteiger partial charge in [0, 0.05) is 51.6 Å². The van der Waals surface area contributed by atoms with Crippen LogP contribution >= 0.6 is 11.8 Å². The number of nitrogens with zero attached hydrogens (tertiary/aromatic N) is 2. The van der Waals surface area contributed by atoms with Crippen molar-refractivity contribution < 1.29 is 9.18 Å². The second-order valence-corrected chi connectivity index (χ2v) is 8.69. The summed E-state index contributed by atoms with van der Waals surface area (Å²) in [6.45, 7) is 0.525. The standard InChI is InChI=1S/C27H20FN3OS/c28-23-8-2-1-6-21(23)20-7-3-9-25-22(20)17-31-24-15-19(10-11-26(24)33-25)27(32)30-14-12-18-5-4-13-29-16-18/h1-11,13,15-17H,12,14H2,(H,30,32). The Labute approximate surface area is 195 Å². The van der Waals surface area contributed by atoms with Gasteiger partial charge in [-0.15, -0.1) is 0 Å². The van der Waals surface area contributed by atoms with E-state index in [9.17, 15) is 9.18 Å². The number of benzene rings is 3. The molecule has 5 rings (SSSR count). The molecule has 1 aliphatic rings. The molecule has 4 aromatic rings. The van der Waals surface area contributed by atoms with E-state index in [1.165, 1.54) is 6.07 Å². The summed E-state index contributed by atoms with van der Waals surface area (Å²) in [6, 6.07) is 22.0. The number of carbonyl (C=O) groups is 1. The number of hydrogen-bond acceptors (Lipinski definition) is 4. The van der Waals surface area contributed by atoms with Crippen molar-refractivity contribution >= 4 is 29.6 Å². The van der Waals surface area contributed by atoms with Gasteiger partial charge in [-0.3, -0.25) is 14.8 Å². The van der Waals surface area contributed by atoms with E-state index in [0.29, 0.717) is 24.1 Å². The molecule has 1 aromatic heterocycles. The van der Waals surface area contributed by atoms with Crippen LogP contribution in [0.4, 0.5) is 10.1 Å². The Hall–Kier alpha value is -3.77. The number of hydrogen-bond donors (Lipinski definition) is 1. The first-order valence-corrected chi connectivity index (χ1v) is 11.4. The van der Waals surface area contributed by atoms with Gasteiger partial charge in [-0.05, 0) is 53.9 Å². The average molecular weight is 454 g/mol. The smallest absolute Gasteiger partial charge is 0.251 e. The second kappa shape index (κ2) is 9.38. The molecule has 4 nitrogen and oxygen atoms in total. The van der Waals surface area contributed by atoms with Gasteiger partial charge in [-0.1, -0.05) is 48.2 Å². The maximum absolute atomic E-state index is 14.5. The van der Waals surface area contributed by atoms with E-state index in [2.05, 4.69) is 15.3 Å². The molecule has 0 unspecified atom stereocenters. The average Bonchev–Trinajstić information content (AvgIpc) is 3.04. The zero-order valence-electron chi connectivity index (χ0n) is 17.7. The van der Waals surface area contributed by atoms with Crippen molar-refractivity contribution in [2.24, 2.45) is 4.99 Å². The Kier molecular flexibility index (Phi) is 6.00. The molecule has 33 heavy (non-hydrogen) atoms. The second-order valence-electron chi connectivity index (χ2n) is 7.61. The van der Waals surface area contributed by atoms with Gasteiger partial charge in [0.25, 0.3) is 5.91 Å². The van der Waals surface area contributed by atoms with Crippen LogP contribution < -0.4 is 5.32 Å². The lowest BCUT2D eigenvalue weighted by molar-refractivity contribution is 0.0954. The van der Waals surface area contributed by atoms with Crippen molar-refractivity contribution in [1.82, 2.24) is 10.3 Å². The molecule has 2 heterocycles. The van der Waals surface area contributed by atoms with Gasteiger partial charge in [-0.25, -0.2) is 4.39 Å². The van der Waals surface area contributed by atoms with Crippen LogP contribution in [0.5, 0.6) is 0 Å². The summed E-state index contributed by atoms with van der Waals surface area (Å²) >= 11 is 1.57. The van der Waals surface area contributed by atoms with Crippen LogP contribution in [0.15, 0.2) is 100.0 Å². The number of carbonyl (C=O) groups excluding carboxylic acids is 1. The molecular formula is C27H20FN3OS. The minimum absolute atomic E-state index is 0.143. The van der Waals surface area contributed by atoms with Crippen LogP contribution in [-0.2, 0) is 6.42 Å². The summed E-state index contributed by atoms with van der Waals surface area (Å²) in [7, 11) is 0. The maximum Gasteiger partial charge on any atom is 0.251 e. The monoisotopic (exact) mass is 453 g/mol. The lowest BCUT2D eigenvalue weighted by Gasteiger charge is -2.11. The third-order valence-corrected chi connectivity index (χ3v) is 6.57. The first-order chi connectivity index (χ1) is 16.2. The van der Waals surface area contributed by atoms with Gasteiger partial charge >= 0.3 is 0 Å². The molecule has 1 N–H and O–H groups in total. The highest BCUT2D eigenvalue weighted by molar-refractivity contribution is 7.99. The molecule has 0 atom stereocenters. The lowest BCUT2D eigenvalue weighted by atomic mass is 10.00. The Bertz CT molecular complexity index is 1350. The maximum atomic E-state index is 14.5. The first-order valence-electron chi connectivity index (χ1n) is 10.6. The quantitative estimate of drug-likeness (QED) is 0.351. The first kappa shape index (κ1) is 21.1. The molecule has 0 aliphatic carbocycles. The van der Waals surface area contributed by atoms with Crippen LogP contribution in [0.2, 0.25) is 0 Å². The molecule has 6 heteroatoms. The normalized spacial score (nSPS) is 11.9. The van der Waals surface area contributed by atoms with Gasteiger partial charge in [0.15, 0.2) is 0 Å². The van der Waals surface area contributed by atoms with Crippen molar-refractivity contribution in [3.05, 3.63) is 108 Å². The molecule has 0 fully saturated rings. The fourth-order valence-corrected chi connectivity index (χ4v) is 4.76. The SMILES string of the molecule is O=C(NCCc1cccnc1)c1ccc2c(c1)N=Cc1c(cccc1-c1ccccc1F)S2. The fraction of sp³-hybridized carbons (Fsp3) is 0.0741. The van der Waals surface area contributed by atoms with E-state index in [4.69, 9.17) is 0 Å². The largest absolute Gasteiger partial charge is 0.352 e. The van der Waals surface area contributed by atoms with Crippen molar-refractivity contribution in [3.8, 4) is 11.1 Å². The Balaban J connectivity index is 1.38. The van der Waals surface area contributed by atoms with E-state index in [-0.39, 0.29) is 11.7 Å². The predicted molar refractivity (Wildman–Crippen MR) is 130 cm³/mol. The molecule has 0 bridgehead atoms. The van der Waals surface area contributed by atoms with Crippen LogP contribution in [0.3, 0.4) is 0 Å². The van der Waals surface area contributed by atoms with Gasteiger partial charge in [-0.2, -0.15) is 0 Å². The molecule has 0 radical (unpaired) electrons. The zero-order valence-corrected chi connectivity index (χ0v) is 18.5. The minimum Gasteiger partial charge on any atom is -0.352 e. The highest BCUT2D eigenvalue weighted by atomic mass is 32.2. The summed E-state index contributed by atoms with van der Waals surface area (Å²) in [5.41, 5.74) is 4.55. The van der Waals surface area contributed by atoms with E-state index in [0.717, 1.165) is 32.2 Å². The summed E-state index contributed by atoms with van der Waals surface area (Å²) in [5.74, 6) is -0.410. The number of amides is 1. The number of pyridine rings is 1. The minimum atomic E-state index is -0.267. The lowest BCUT2D eigenvalue weighted by Crippen LogP contribution is -2.25. The third kappa shape index (κ3) is 4.56. The topological polar surface area (TPSA) is 54.4 Å². The van der Waals surface area contributed by atoms with Crippen molar-refractivity contribution in [1.29, 1.82) is 0 Å². The number of aromatic nitrogens is 1. The predicted octanol–water partition coefficient (Wildman–Crippen LogP) is 6.08. The van der Waals surface area contributed by atoms with E-state index in [1.54, 1.807) is 48.6 Å². The van der Waals surface area contributed by atoms with Crippen LogP contribution in [0, 0.1) is 5.82 Å². The number of nitrogens with one attached hydrogen (secondary N) is 1.